The maximum absolute atomic E-state index is 11.8. The number of nitrogen functional groups attached to an aromatic ring is 1. The zero-order chi connectivity index (χ0) is 13.1. The van der Waals surface area contributed by atoms with Gasteiger partial charge in [-0.1, -0.05) is 0 Å². The third-order valence-corrected chi connectivity index (χ3v) is 2.12. The average molecular weight is 250 g/mol. The van der Waals surface area contributed by atoms with Crippen LogP contribution in [-0.4, -0.2) is 24.0 Å². The van der Waals surface area contributed by atoms with Crippen molar-refractivity contribution in [3.05, 3.63) is 28.2 Å². The molecule has 1 aromatic rings. The van der Waals surface area contributed by atoms with Crippen molar-refractivity contribution in [3.63, 3.8) is 0 Å². The molecule has 96 valence electrons. The van der Waals surface area contributed by atoms with Gasteiger partial charge in [0.25, 0.3) is 5.56 Å². The molecule has 4 nitrogen and oxygen atoms in total. The zero-order valence-corrected chi connectivity index (χ0v) is 9.25. The number of ether oxygens (including phenoxy) is 1. The summed E-state index contributed by atoms with van der Waals surface area (Å²) >= 11 is 0. The van der Waals surface area contributed by atoms with Gasteiger partial charge in [-0.25, -0.2) is 0 Å². The Morgan fingerprint density at radius 1 is 1.47 bits per heavy atom. The fourth-order valence-electron chi connectivity index (χ4n) is 1.21. The molecule has 0 spiro atoms. The van der Waals surface area contributed by atoms with E-state index in [0.717, 1.165) is 0 Å². The Kier molecular flexibility index (Phi) is 4.17. The minimum absolute atomic E-state index is 0.0411. The minimum atomic E-state index is -4.35. The second-order valence-electron chi connectivity index (χ2n) is 3.61. The third kappa shape index (κ3) is 4.48. The highest BCUT2D eigenvalue weighted by Gasteiger charge is 2.27. The lowest BCUT2D eigenvalue weighted by atomic mass is 10.2. The lowest BCUT2D eigenvalue weighted by Crippen LogP contribution is -2.24. The van der Waals surface area contributed by atoms with Crippen LogP contribution in [0.5, 0.6) is 0 Å². The van der Waals surface area contributed by atoms with Gasteiger partial charge in [0.2, 0.25) is 0 Å². The Labute approximate surface area is 95.8 Å². The first kappa shape index (κ1) is 13.6. The number of aryl methyl sites for hydroxylation is 1. The Morgan fingerprint density at radius 3 is 2.71 bits per heavy atom. The Morgan fingerprint density at radius 2 is 2.12 bits per heavy atom. The van der Waals surface area contributed by atoms with E-state index in [1.54, 1.807) is 6.92 Å². The molecule has 0 amide bonds. The van der Waals surface area contributed by atoms with Crippen LogP contribution < -0.4 is 11.3 Å². The monoisotopic (exact) mass is 250 g/mol. The molecule has 7 heteroatoms. The van der Waals surface area contributed by atoms with E-state index in [4.69, 9.17) is 5.73 Å². The molecule has 0 aliphatic carbocycles. The number of rotatable bonds is 4. The van der Waals surface area contributed by atoms with Gasteiger partial charge < -0.3 is 15.0 Å². The van der Waals surface area contributed by atoms with Crippen LogP contribution in [0.25, 0.3) is 0 Å². The number of nitrogens with zero attached hydrogens (tertiary/aromatic N) is 1. The zero-order valence-electron chi connectivity index (χ0n) is 9.25. The van der Waals surface area contributed by atoms with Crippen LogP contribution in [0.1, 0.15) is 5.56 Å². The average Bonchev–Trinajstić information content (AvgIpc) is 2.18. The Hall–Kier alpha value is -1.50. The van der Waals surface area contributed by atoms with Crippen LogP contribution in [-0.2, 0) is 11.3 Å². The SMILES string of the molecule is Cc1cc(=O)n(CCOCC(F)(F)F)cc1N. The number of hydrogen-bond donors (Lipinski definition) is 1. The second kappa shape index (κ2) is 5.22. The van der Waals surface area contributed by atoms with Crippen molar-refractivity contribution in [1.29, 1.82) is 0 Å². The predicted octanol–water partition coefficient (Wildman–Crippen LogP) is 1.32. The fourth-order valence-corrected chi connectivity index (χ4v) is 1.21. The number of anilines is 1. The van der Waals surface area contributed by atoms with Gasteiger partial charge in [-0.2, -0.15) is 13.2 Å². The summed E-state index contributed by atoms with van der Waals surface area (Å²) in [4.78, 5) is 11.4. The summed E-state index contributed by atoms with van der Waals surface area (Å²) in [7, 11) is 0. The first-order chi connectivity index (χ1) is 7.79. The van der Waals surface area contributed by atoms with E-state index in [1.807, 2.05) is 0 Å². The Balaban J connectivity index is 2.53. The van der Waals surface area contributed by atoms with Gasteiger partial charge in [-0.15, -0.1) is 0 Å². The highest BCUT2D eigenvalue weighted by Crippen LogP contribution is 2.14. The molecule has 0 saturated heterocycles. The van der Waals surface area contributed by atoms with Crippen molar-refractivity contribution >= 4 is 5.69 Å². The highest BCUT2D eigenvalue weighted by atomic mass is 19.4. The molecule has 0 aliphatic rings. The summed E-state index contributed by atoms with van der Waals surface area (Å²) in [5.74, 6) is 0. The maximum Gasteiger partial charge on any atom is 0.411 e. The molecule has 0 aliphatic heterocycles. The summed E-state index contributed by atoms with van der Waals surface area (Å²) in [6.45, 7) is 0.214. The second-order valence-corrected chi connectivity index (χ2v) is 3.61. The molecule has 2 N–H and O–H groups in total. The van der Waals surface area contributed by atoms with Gasteiger partial charge in [-0.3, -0.25) is 4.79 Å². The summed E-state index contributed by atoms with van der Waals surface area (Å²) < 4.78 is 40.9. The smallest absolute Gasteiger partial charge is 0.397 e. The predicted molar refractivity (Wildman–Crippen MR) is 56.7 cm³/mol. The third-order valence-electron chi connectivity index (χ3n) is 2.12. The van der Waals surface area contributed by atoms with E-state index in [2.05, 4.69) is 4.74 Å². The first-order valence-corrected chi connectivity index (χ1v) is 4.90. The molecule has 1 rings (SSSR count). The molecule has 1 aromatic heterocycles. The van der Waals surface area contributed by atoms with Crippen LogP contribution >= 0.6 is 0 Å². The minimum Gasteiger partial charge on any atom is -0.397 e. The van der Waals surface area contributed by atoms with Crippen LogP contribution in [0, 0.1) is 6.92 Å². The van der Waals surface area contributed by atoms with E-state index >= 15 is 0 Å². The van der Waals surface area contributed by atoms with E-state index in [-0.39, 0.29) is 18.7 Å². The molecule has 0 atom stereocenters. The Bertz CT molecular complexity index is 440. The van der Waals surface area contributed by atoms with E-state index in [0.29, 0.717) is 11.3 Å². The van der Waals surface area contributed by atoms with Gasteiger partial charge in [0.1, 0.15) is 6.61 Å². The number of nitrogens with two attached hydrogens (primary N) is 1. The molecular weight excluding hydrogens is 237 g/mol. The normalized spacial score (nSPS) is 11.8. The topological polar surface area (TPSA) is 57.2 Å². The fraction of sp³-hybridized carbons (Fsp3) is 0.500. The van der Waals surface area contributed by atoms with Crippen molar-refractivity contribution in [2.45, 2.75) is 19.6 Å². The summed E-state index contributed by atoms with van der Waals surface area (Å²) in [5, 5.41) is 0. The number of aromatic nitrogens is 1. The quantitative estimate of drug-likeness (QED) is 0.820. The molecule has 0 bridgehead atoms. The van der Waals surface area contributed by atoms with Crippen molar-refractivity contribution in [2.75, 3.05) is 18.9 Å². The van der Waals surface area contributed by atoms with Gasteiger partial charge in [0.05, 0.1) is 12.3 Å². The highest BCUT2D eigenvalue weighted by molar-refractivity contribution is 5.42. The number of pyridine rings is 1. The summed E-state index contributed by atoms with van der Waals surface area (Å²) in [5.41, 5.74) is 6.33. The molecule has 1 heterocycles. The number of halogens is 3. The molecule has 0 unspecified atom stereocenters. The van der Waals surface area contributed by atoms with Crippen molar-refractivity contribution in [3.8, 4) is 0 Å². The first-order valence-electron chi connectivity index (χ1n) is 4.90. The summed E-state index contributed by atoms with van der Waals surface area (Å²) in [6, 6.07) is 1.33. The number of alkyl halides is 3. The van der Waals surface area contributed by atoms with E-state index in [1.165, 1.54) is 16.8 Å². The summed E-state index contributed by atoms with van der Waals surface area (Å²) in [6.07, 6.45) is -2.95. The largest absolute Gasteiger partial charge is 0.411 e. The van der Waals surface area contributed by atoms with Crippen molar-refractivity contribution < 1.29 is 17.9 Å². The molecular formula is C10H13F3N2O2. The van der Waals surface area contributed by atoms with E-state index < -0.39 is 12.8 Å². The standard InChI is InChI=1S/C10H13F3N2O2/c1-7-4-9(16)15(5-8(7)14)2-3-17-6-10(11,12)13/h4-5H,2-3,6,14H2,1H3. The maximum atomic E-state index is 11.8. The van der Waals surface area contributed by atoms with E-state index in [9.17, 15) is 18.0 Å². The van der Waals surface area contributed by atoms with Gasteiger partial charge in [0.15, 0.2) is 0 Å². The van der Waals surface area contributed by atoms with Crippen LogP contribution in [0.3, 0.4) is 0 Å². The van der Waals surface area contributed by atoms with Gasteiger partial charge in [-0.05, 0) is 12.5 Å². The molecule has 0 aromatic carbocycles. The van der Waals surface area contributed by atoms with Crippen LogP contribution in [0.4, 0.5) is 18.9 Å². The lowest BCUT2D eigenvalue weighted by Gasteiger charge is -2.10. The molecule has 17 heavy (non-hydrogen) atoms. The lowest BCUT2D eigenvalue weighted by molar-refractivity contribution is -0.174. The number of hydrogen-bond acceptors (Lipinski definition) is 3. The van der Waals surface area contributed by atoms with Gasteiger partial charge >= 0.3 is 6.18 Å². The molecule has 0 fully saturated rings. The van der Waals surface area contributed by atoms with Crippen LogP contribution in [0.15, 0.2) is 17.1 Å². The van der Waals surface area contributed by atoms with Crippen molar-refractivity contribution in [1.82, 2.24) is 4.57 Å². The van der Waals surface area contributed by atoms with Crippen molar-refractivity contribution in [2.24, 2.45) is 0 Å². The molecule has 0 radical (unpaired) electrons. The molecule has 0 saturated carbocycles. The van der Waals surface area contributed by atoms with Gasteiger partial charge in [0, 0.05) is 18.8 Å². The van der Waals surface area contributed by atoms with Crippen LogP contribution in [0.2, 0.25) is 0 Å².